The maximum atomic E-state index is 6.30. The molecule has 0 saturated heterocycles. The van der Waals surface area contributed by atoms with Crippen molar-refractivity contribution in [2.75, 3.05) is 0 Å². The number of rotatable bonds is 4. The lowest BCUT2D eigenvalue weighted by atomic mass is 9.93. The summed E-state index contributed by atoms with van der Waals surface area (Å²) in [5.74, 6) is 0.795. The third kappa shape index (κ3) is 3.21. The Morgan fingerprint density at radius 3 is 2.69 bits per heavy atom. The van der Waals surface area contributed by atoms with Gasteiger partial charge >= 0.3 is 0 Å². The van der Waals surface area contributed by atoms with Gasteiger partial charge in [-0.15, -0.1) is 22.9 Å². The molecule has 1 saturated carbocycles. The van der Waals surface area contributed by atoms with Crippen molar-refractivity contribution >= 4 is 22.9 Å². The van der Waals surface area contributed by atoms with Crippen LogP contribution in [0.2, 0.25) is 0 Å². The van der Waals surface area contributed by atoms with Crippen LogP contribution in [0.15, 0.2) is 5.38 Å². The average molecular weight is 258 g/mol. The Kier molecular flexibility index (Phi) is 3.60. The number of hydrogen-bond acceptors (Lipinski definition) is 2. The van der Waals surface area contributed by atoms with Crippen LogP contribution in [-0.2, 0) is 11.8 Å². The van der Waals surface area contributed by atoms with Crippen molar-refractivity contribution in [3.8, 4) is 0 Å². The molecule has 0 bridgehead atoms. The third-order valence-electron chi connectivity index (χ3n) is 3.09. The second-order valence-electron chi connectivity index (χ2n) is 5.77. The fourth-order valence-electron chi connectivity index (χ4n) is 1.73. The van der Waals surface area contributed by atoms with Gasteiger partial charge in [0.2, 0.25) is 0 Å². The van der Waals surface area contributed by atoms with Crippen molar-refractivity contribution in [2.45, 2.75) is 57.2 Å². The van der Waals surface area contributed by atoms with Crippen LogP contribution in [0.1, 0.15) is 50.7 Å². The maximum absolute atomic E-state index is 6.30. The average Bonchev–Trinajstić information content (AvgIpc) is 2.92. The van der Waals surface area contributed by atoms with E-state index in [0.717, 1.165) is 18.8 Å². The van der Waals surface area contributed by atoms with E-state index in [1.165, 1.54) is 23.5 Å². The maximum Gasteiger partial charge on any atom is 0.0929 e. The summed E-state index contributed by atoms with van der Waals surface area (Å²) < 4.78 is 0. The second-order valence-corrected chi connectivity index (χ2v) is 7.27. The Morgan fingerprint density at radius 2 is 2.19 bits per heavy atom. The predicted molar refractivity (Wildman–Crippen MR) is 71.5 cm³/mol. The Labute approximate surface area is 107 Å². The van der Waals surface area contributed by atoms with Gasteiger partial charge < -0.3 is 0 Å². The molecule has 0 N–H and O–H groups in total. The Balaban J connectivity index is 1.87. The monoisotopic (exact) mass is 257 g/mol. The fraction of sp³-hybridized carbons (Fsp3) is 0.769. The molecule has 0 aliphatic heterocycles. The SMILES string of the molecule is CC(C)(C)c1csc(CCC(Cl)C2CC2)n1. The molecule has 90 valence electrons. The molecule has 1 nitrogen and oxygen atoms in total. The second kappa shape index (κ2) is 4.66. The van der Waals surface area contributed by atoms with Gasteiger partial charge in [0, 0.05) is 22.6 Å². The highest BCUT2D eigenvalue weighted by Gasteiger charge is 2.29. The molecule has 0 spiro atoms. The van der Waals surface area contributed by atoms with E-state index < -0.39 is 0 Å². The van der Waals surface area contributed by atoms with E-state index in [-0.39, 0.29) is 5.41 Å². The number of aromatic nitrogens is 1. The Morgan fingerprint density at radius 1 is 1.50 bits per heavy atom. The van der Waals surface area contributed by atoms with E-state index in [1.54, 1.807) is 11.3 Å². The molecule has 1 aliphatic rings. The molecule has 1 aliphatic carbocycles. The minimum Gasteiger partial charge on any atom is -0.246 e. The van der Waals surface area contributed by atoms with Crippen LogP contribution in [0.3, 0.4) is 0 Å². The lowest BCUT2D eigenvalue weighted by molar-refractivity contribution is 0.569. The summed E-state index contributed by atoms with van der Waals surface area (Å²) in [5, 5.41) is 3.81. The zero-order chi connectivity index (χ0) is 11.8. The first-order valence-corrected chi connectivity index (χ1v) is 7.37. The summed E-state index contributed by atoms with van der Waals surface area (Å²) >= 11 is 8.08. The van der Waals surface area contributed by atoms with Crippen LogP contribution in [0.4, 0.5) is 0 Å². The van der Waals surface area contributed by atoms with Gasteiger partial charge in [0.05, 0.1) is 10.7 Å². The van der Waals surface area contributed by atoms with Crippen LogP contribution >= 0.6 is 22.9 Å². The van der Waals surface area contributed by atoms with E-state index in [0.29, 0.717) is 5.38 Å². The van der Waals surface area contributed by atoms with Crippen molar-refractivity contribution in [3.63, 3.8) is 0 Å². The van der Waals surface area contributed by atoms with Crippen molar-refractivity contribution in [2.24, 2.45) is 5.92 Å². The molecule has 2 rings (SSSR count). The Hall–Kier alpha value is -0.0800. The zero-order valence-corrected chi connectivity index (χ0v) is 11.9. The van der Waals surface area contributed by atoms with Gasteiger partial charge in [-0.2, -0.15) is 0 Å². The molecule has 1 aromatic heterocycles. The Bertz CT molecular complexity index is 349. The van der Waals surface area contributed by atoms with Gasteiger partial charge in [-0.25, -0.2) is 4.98 Å². The molecule has 1 heterocycles. The molecule has 1 unspecified atom stereocenters. The lowest BCUT2D eigenvalue weighted by Crippen LogP contribution is -2.11. The third-order valence-corrected chi connectivity index (χ3v) is 4.57. The number of thiazole rings is 1. The molecule has 0 aromatic carbocycles. The highest BCUT2D eigenvalue weighted by Crippen LogP contribution is 2.37. The van der Waals surface area contributed by atoms with Crippen molar-refractivity contribution in [1.29, 1.82) is 0 Å². The van der Waals surface area contributed by atoms with E-state index in [9.17, 15) is 0 Å². The molecule has 3 heteroatoms. The van der Waals surface area contributed by atoms with Gasteiger partial charge in [-0.3, -0.25) is 0 Å². The summed E-state index contributed by atoms with van der Waals surface area (Å²) in [7, 11) is 0. The van der Waals surface area contributed by atoms with Crippen molar-refractivity contribution < 1.29 is 0 Å². The number of aryl methyl sites for hydroxylation is 1. The molecule has 0 amide bonds. The molecular weight excluding hydrogens is 238 g/mol. The summed E-state index contributed by atoms with van der Waals surface area (Å²) in [6.07, 6.45) is 4.80. The quantitative estimate of drug-likeness (QED) is 0.729. The van der Waals surface area contributed by atoms with E-state index in [4.69, 9.17) is 16.6 Å². The minimum absolute atomic E-state index is 0.172. The molecule has 1 aromatic rings. The largest absolute Gasteiger partial charge is 0.246 e. The molecule has 0 radical (unpaired) electrons. The number of hydrogen-bond donors (Lipinski definition) is 0. The summed E-state index contributed by atoms with van der Waals surface area (Å²) in [6.45, 7) is 6.63. The summed E-state index contributed by atoms with van der Waals surface area (Å²) in [4.78, 5) is 4.69. The van der Waals surface area contributed by atoms with Gasteiger partial charge in [0.15, 0.2) is 0 Å². The van der Waals surface area contributed by atoms with Gasteiger partial charge in [0.25, 0.3) is 0 Å². The van der Waals surface area contributed by atoms with Gasteiger partial charge in [-0.05, 0) is 25.2 Å². The normalized spacial score (nSPS) is 18.8. The number of halogens is 1. The smallest absolute Gasteiger partial charge is 0.0929 e. The lowest BCUT2D eigenvalue weighted by Gasteiger charge is -2.14. The highest BCUT2D eigenvalue weighted by molar-refractivity contribution is 7.09. The van der Waals surface area contributed by atoms with Crippen LogP contribution in [-0.4, -0.2) is 10.4 Å². The van der Waals surface area contributed by atoms with E-state index >= 15 is 0 Å². The van der Waals surface area contributed by atoms with E-state index in [1.807, 2.05) is 0 Å². The van der Waals surface area contributed by atoms with Gasteiger partial charge in [-0.1, -0.05) is 20.8 Å². The van der Waals surface area contributed by atoms with Crippen LogP contribution in [0.25, 0.3) is 0 Å². The molecule has 1 atom stereocenters. The first-order chi connectivity index (χ1) is 7.47. The zero-order valence-electron chi connectivity index (χ0n) is 10.3. The van der Waals surface area contributed by atoms with Crippen LogP contribution < -0.4 is 0 Å². The summed E-state index contributed by atoms with van der Waals surface area (Å²) in [5.41, 5.74) is 1.39. The van der Waals surface area contributed by atoms with Crippen LogP contribution in [0.5, 0.6) is 0 Å². The topological polar surface area (TPSA) is 12.9 Å². The first kappa shape index (κ1) is 12.4. The molecular formula is C13H20ClNS. The number of nitrogens with zero attached hydrogens (tertiary/aromatic N) is 1. The number of alkyl halides is 1. The molecule has 16 heavy (non-hydrogen) atoms. The fourth-order valence-corrected chi connectivity index (χ4v) is 3.13. The predicted octanol–water partition coefficient (Wildman–Crippen LogP) is 4.39. The molecule has 1 fully saturated rings. The van der Waals surface area contributed by atoms with Gasteiger partial charge in [0.1, 0.15) is 0 Å². The standard InChI is InChI=1S/C13H20ClNS/c1-13(2,3)11-8-16-12(15-11)7-6-10(14)9-4-5-9/h8-10H,4-7H2,1-3H3. The minimum atomic E-state index is 0.172. The first-order valence-electron chi connectivity index (χ1n) is 6.06. The van der Waals surface area contributed by atoms with Crippen molar-refractivity contribution in [1.82, 2.24) is 4.98 Å². The van der Waals surface area contributed by atoms with Crippen molar-refractivity contribution in [3.05, 3.63) is 16.1 Å². The van der Waals surface area contributed by atoms with Crippen LogP contribution in [0, 0.1) is 5.92 Å². The highest BCUT2D eigenvalue weighted by atomic mass is 35.5. The van der Waals surface area contributed by atoms with E-state index in [2.05, 4.69) is 26.2 Å². The summed E-state index contributed by atoms with van der Waals surface area (Å²) in [6, 6.07) is 0.